The number of hydrogen-bond acceptors (Lipinski definition) is 4. The third kappa shape index (κ3) is 2.72. The van der Waals surface area contributed by atoms with Gasteiger partial charge in [0.25, 0.3) is 5.91 Å². The van der Waals surface area contributed by atoms with E-state index in [4.69, 9.17) is 4.74 Å². The van der Waals surface area contributed by atoms with Crippen molar-refractivity contribution in [2.24, 2.45) is 0 Å². The van der Waals surface area contributed by atoms with Crippen LogP contribution in [0, 0.1) is 6.92 Å². The van der Waals surface area contributed by atoms with Crippen LogP contribution >= 0.6 is 11.8 Å². The van der Waals surface area contributed by atoms with E-state index >= 15 is 0 Å². The lowest BCUT2D eigenvalue weighted by Crippen LogP contribution is -2.47. The molecule has 21 heavy (non-hydrogen) atoms. The molecule has 0 aliphatic carbocycles. The van der Waals surface area contributed by atoms with E-state index in [9.17, 15) is 9.59 Å². The highest BCUT2D eigenvalue weighted by Gasteiger charge is 2.52. The minimum Gasteiger partial charge on any atom is -0.492 e. The number of hydrogen-bond donors (Lipinski definition) is 1. The van der Waals surface area contributed by atoms with Crippen LogP contribution < -0.4 is 10.1 Å². The predicted octanol–water partition coefficient (Wildman–Crippen LogP) is 1.80. The van der Waals surface area contributed by atoms with E-state index in [1.165, 1.54) is 4.90 Å². The highest BCUT2D eigenvalue weighted by atomic mass is 32.2. The van der Waals surface area contributed by atoms with Gasteiger partial charge in [-0.15, -0.1) is 0 Å². The van der Waals surface area contributed by atoms with E-state index in [0.717, 1.165) is 23.5 Å². The maximum atomic E-state index is 12.4. The SMILES string of the molecule is Cc1cccc(OCCN2C(=O)N[C@@]3(CCSC3)C2=O)c1. The zero-order valence-electron chi connectivity index (χ0n) is 11.9. The van der Waals surface area contributed by atoms with Gasteiger partial charge < -0.3 is 10.1 Å². The van der Waals surface area contributed by atoms with Gasteiger partial charge in [-0.25, -0.2) is 4.79 Å². The summed E-state index contributed by atoms with van der Waals surface area (Å²) < 4.78 is 5.62. The van der Waals surface area contributed by atoms with Crippen molar-refractivity contribution in [2.45, 2.75) is 18.9 Å². The molecule has 3 amide bonds. The second-order valence-corrected chi connectivity index (χ2v) is 6.54. The van der Waals surface area contributed by atoms with Gasteiger partial charge in [-0.05, 0) is 36.8 Å². The molecule has 1 atom stereocenters. The number of nitrogens with one attached hydrogen (secondary N) is 1. The number of carbonyl (C=O) groups excluding carboxylic acids is 2. The van der Waals surface area contributed by atoms with Crippen LogP contribution in [-0.2, 0) is 4.79 Å². The highest BCUT2D eigenvalue weighted by Crippen LogP contribution is 2.33. The average molecular weight is 306 g/mol. The van der Waals surface area contributed by atoms with Crippen LogP contribution in [0.1, 0.15) is 12.0 Å². The topological polar surface area (TPSA) is 58.6 Å². The molecule has 1 spiro atoms. The summed E-state index contributed by atoms with van der Waals surface area (Å²) in [6, 6.07) is 7.42. The number of rotatable bonds is 4. The number of ether oxygens (including phenoxy) is 1. The first-order valence-electron chi connectivity index (χ1n) is 7.02. The number of carbonyl (C=O) groups is 2. The molecule has 3 rings (SSSR count). The summed E-state index contributed by atoms with van der Waals surface area (Å²) in [6.07, 6.45) is 0.720. The van der Waals surface area contributed by atoms with Crippen molar-refractivity contribution in [3.05, 3.63) is 29.8 Å². The standard InChI is InChI=1S/C15H18N2O3S/c1-11-3-2-4-12(9-11)20-7-6-17-13(18)15(16-14(17)19)5-8-21-10-15/h2-4,9H,5-8,10H2,1H3,(H,16,19)/t15-/m1/s1. The van der Waals surface area contributed by atoms with Gasteiger partial charge in [-0.2, -0.15) is 11.8 Å². The number of aryl methyl sites for hydroxylation is 1. The molecule has 5 nitrogen and oxygen atoms in total. The summed E-state index contributed by atoms with van der Waals surface area (Å²) >= 11 is 1.71. The highest BCUT2D eigenvalue weighted by molar-refractivity contribution is 7.99. The molecule has 1 aromatic rings. The maximum absolute atomic E-state index is 12.4. The fourth-order valence-corrected chi connectivity index (χ4v) is 4.00. The van der Waals surface area contributed by atoms with Crippen molar-refractivity contribution in [3.8, 4) is 5.75 Å². The van der Waals surface area contributed by atoms with Crippen molar-refractivity contribution >= 4 is 23.7 Å². The van der Waals surface area contributed by atoms with Gasteiger partial charge >= 0.3 is 6.03 Å². The first kappa shape index (κ1) is 14.3. The Morgan fingerprint density at radius 2 is 2.29 bits per heavy atom. The summed E-state index contributed by atoms with van der Waals surface area (Å²) in [5, 5.41) is 2.85. The van der Waals surface area contributed by atoms with Crippen LogP contribution in [0.15, 0.2) is 24.3 Å². The molecule has 2 heterocycles. The molecule has 2 aliphatic heterocycles. The van der Waals surface area contributed by atoms with E-state index in [1.54, 1.807) is 11.8 Å². The van der Waals surface area contributed by atoms with Crippen molar-refractivity contribution in [2.75, 3.05) is 24.7 Å². The van der Waals surface area contributed by atoms with Crippen LogP contribution in [0.2, 0.25) is 0 Å². The lowest BCUT2D eigenvalue weighted by Gasteiger charge is -2.19. The minimum atomic E-state index is -0.662. The fourth-order valence-electron chi connectivity index (χ4n) is 2.67. The Bertz CT molecular complexity index is 570. The van der Waals surface area contributed by atoms with Crippen molar-refractivity contribution in [3.63, 3.8) is 0 Å². The molecule has 112 valence electrons. The van der Waals surface area contributed by atoms with Gasteiger partial charge in [0.1, 0.15) is 17.9 Å². The first-order chi connectivity index (χ1) is 10.1. The van der Waals surface area contributed by atoms with Crippen LogP contribution in [0.5, 0.6) is 5.75 Å². The predicted molar refractivity (Wildman–Crippen MR) is 81.6 cm³/mol. The Hall–Kier alpha value is -1.69. The number of benzene rings is 1. The largest absolute Gasteiger partial charge is 0.492 e. The molecule has 0 saturated carbocycles. The Labute approximate surface area is 128 Å². The van der Waals surface area contributed by atoms with Gasteiger partial charge in [-0.1, -0.05) is 12.1 Å². The monoisotopic (exact) mass is 306 g/mol. The average Bonchev–Trinajstić information content (AvgIpc) is 3.00. The second-order valence-electron chi connectivity index (χ2n) is 5.44. The number of thioether (sulfide) groups is 1. The van der Waals surface area contributed by atoms with E-state index in [0.29, 0.717) is 12.4 Å². The third-order valence-corrected chi connectivity index (χ3v) is 5.03. The number of nitrogens with zero attached hydrogens (tertiary/aromatic N) is 1. The molecule has 6 heteroatoms. The summed E-state index contributed by atoms with van der Waals surface area (Å²) in [5.41, 5.74) is 0.454. The van der Waals surface area contributed by atoms with Gasteiger partial charge in [-0.3, -0.25) is 9.69 Å². The molecule has 2 aliphatic rings. The maximum Gasteiger partial charge on any atom is 0.325 e. The Morgan fingerprint density at radius 1 is 1.43 bits per heavy atom. The van der Waals surface area contributed by atoms with Crippen LogP contribution in [-0.4, -0.2) is 47.0 Å². The van der Waals surface area contributed by atoms with E-state index in [1.807, 2.05) is 31.2 Å². The third-order valence-electron chi connectivity index (χ3n) is 3.84. The van der Waals surface area contributed by atoms with Crippen molar-refractivity contribution in [1.29, 1.82) is 0 Å². The van der Waals surface area contributed by atoms with Gasteiger partial charge in [0.05, 0.1) is 6.54 Å². The molecular weight excluding hydrogens is 288 g/mol. The molecule has 0 aromatic heterocycles. The van der Waals surface area contributed by atoms with Gasteiger partial charge in [0.15, 0.2) is 0 Å². The van der Waals surface area contributed by atoms with E-state index in [2.05, 4.69) is 5.32 Å². The minimum absolute atomic E-state index is 0.106. The Morgan fingerprint density at radius 3 is 3.00 bits per heavy atom. The fraction of sp³-hybridized carbons (Fsp3) is 0.467. The number of amides is 3. The summed E-state index contributed by atoms with van der Waals surface area (Å²) in [5.74, 6) is 2.24. The zero-order chi connectivity index (χ0) is 14.9. The molecular formula is C15H18N2O3S. The van der Waals surface area contributed by atoms with Crippen molar-refractivity contribution in [1.82, 2.24) is 10.2 Å². The number of imide groups is 1. The quantitative estimate of drug-likeness (QED) is 0.862. The first-order valence-corrected chi connectivity index (χ1v) is 8.18. The molecule has 2 saturated heterocycles. The van der Waals surface area contributed by atoms with Crippen LogP contribution in [0.4, 0.5) is 4.79 Å². The lowest BCUT2D eigenvalue weighted by molar-refractivity contribution is -0.130. The molecule has 1 N–H and O–H groups in total. The van der Waals surface area contributed by atoms with Crippen LogP contribution in [0.25, 0.3) is 0 Å². The van der Waals surface area contributed by atoms with Crippen LogP contribution in [0.3, 0.4) is 0 Å². The number of urea groups is 1. The van der Waals surface area contributed by atoms with E-state index < -0.39 is 5.54 Å². The molecule has 0 unspecified atom stereocenters. The summed E-state index contributed by atoms with van der Waals surface area (Å²) in [4.78, 5) is 25.7. The summed E-state index contributed by atoms with van der Waals surface area (Å²) in [7, 11) is 0. The summed E-state index contributed by atoms with van der Waals surface area (Å²) in [6.45, 7) is 2.59. The molecule has 0 radical (unpaired) electrons. The lowest BCUT2D eigenvalue weighted by atomic mass is 9.99. The second kappa shape index (κ2) is 5.60. The normalized spacial score (nSPS) is 24.7. The smallest absolute Gasteiger partial charge is 0.325 e. The van der Waals surface area contributed by atoms with Crippen molar-refractivity contribution < 1.29 is 14.3 Å². The molecule has 0 bridgehead atoms. The molecule has 1 aromatic carbocycles. The Balaban J connectivity index is 1.58. The van der Waals surface area contributed by atoms with Gasteiger partial charge in [0.2, 0.25) is 0 Å². The Kier molecular flexibility index (Phi) is 3.80. The van der Waals surface area contributed by atoms with Gasteiger partial charge in [0, 0.05) is 5.75 Å². The van der Waals surface area contributed by atoms with E-state index in [-0.39, 0.29) is 18.5 Å². The zero-order valence-corrected chi connectivity index (χ0v) is 12.7. The molecule has 2 fully saturated rings.